The molecular formula is C6H16O3S2Si. The minimum atomic E-state index is -2.93. The van der Waals surface area contributed by atoms with Gasteiger partial charge in [0.15, 0.2) is 0 Å². The molecule has 0 radical (unpaired) electrons. The summed E-state index contributed by atoms with van der Waals surface area (Å²) in [5.74, 6) is 0.606. The van der Waals surface area contributed by atoms with Crippen molar-refractivity contribution in [1.29, 1.82) is 0 Å². The summed E-state index contributed by atoms with van der Waals surface area (Å²) in [5, 5.41) is 0.0245. The molecule has 0 amide bonds. The molecule has 2 atom stereocenters. The van der Waals surface area contributed by atoms with Crippen molar-refractivity contribution >= 4 is 34.1 Å². The predicted octanol–water partition coefficient (Wildman–Crippen LogP) is 0.829. The highest BCUT2D eigenvalue weighted by atomic mass is 32.1. The van der Waals surface area contributed by atoms with Gasteiger partial charge in [-0.2, -0.15) is 25.3 Å². The van der Waals surface area contributed by atoms with E-state index in [1.165, 1.54) is 7.11 Å². The van der Waals surface area contributed by atoms with Crippen LogP contribution < -0.4 is 0 Å². The molecule has 0 aromatic heterocycles. The van der Waals surface area contributed by atoms with Crippen LogP contribution in [-0.4, -0.2) is 38.3 Å². The van der Waals surface area contributed by atoms with E-state index in [4.69, 9.17) is 8.85 Å². The zero-order chi connectivity index (χ0) is 9.61. The lowest BCUT2D eigenvalue weighted by Gasteiger charge is -2.23. The van der Waals surface area contributed by atoms with E-state index >= 15 is 0 Å². The molecule has 0 saturated heterocycles. The fraction of sp³-hybridized carbons (Fsp3) is 1.00. The molecule has 0 heterocycles. The summed E-state index contributed by atoms with van der Waals surface area (Å²) in [6, 6.07) is 0.448. The summed E-state index contributed by atoms with van der Waals surface area (Å²) in [6.45, 7) is 2.29. The van der Waals surface area contributed by atoms with E-state index in [1.807, 2.05) is 6.92 Å². The van der Waals surface area contributed by atoms with Crippen molar-refractivity contribution in [2.45, 2.75) is 18.2 Å². The highest BCUT2D eigenvalue weighted by Gasteiger charge is 2.36. The predicted molar refractivity (Wildman–Crippen MR) is 58.0 cm³/mol. The Morgan fingerprint density at radius 3 is 2.50 bits per heavy atom. The molecule has 0 aromatic rings. The Kier molecular flexibility index (Phi) is 6.70. The van der Waals surface area contributed by atoms with Crippen molar-refractivity contribution in [3.05, 3.63) is 0 Å². The Hall–Kier alpha value is 0.797. The summed E-state index contributed by atoms with van der Waals surface area (Å²) in [7, 11) is -1.47. The quantitative estimate of drug-likeness (QED) is 0.466. The normalized spacial score (nSPS) is 18.8. The van der Waals surface area contributed by atoms with E-state index in [1.54, 1.807) is 0 Å². The van der Waals surface area contributed by atoms with Gasteiger partial charge in [0, 0.05) is 30.8 Å². The van der Waals surface area contributed by atoms with Gasteiger partial charge in [0.25, 0.3) is 0 Å². The third-order valence-corrected chi connectivity index (χ3v) is 5.22. The first-order chi connectivity index (χ1) is 5.58. The maximum atomic E-state index is 9.73. The first-order valence-electron chi connectivity index (χ1n) is 3.78. The van der Waals surface area contributed by atoms with Crippen LogP contribution in [0.2, 0.25) is 6.04 Å². The fourth-order valence-electron chi connectivity index (χ4n) is 0.789. The van der Waals surface area contributed by atoms with Gasteiger partial charge in [0.05, 0.1) is 0 Å². The summed E-state index contributed by atoms with van der Waals surface area (Å²) in [4.78, 5) is 9.73. The van der Waals surface area contributed by atoms with Crippen LogP contribution in [0, 0.1) is 0 Å². The van der Waals surface area contributed by atoms with Crippen molar-refractivity contribution < 1.29 is 13.6 Å². The molecule has 0 aliphatic carbocycles. The van der Waals surface area contributed by atoms with E-state index in [2.05, 4.69) is 25.3 Å². The molecular weight excluding hydrogens is 212 g/mol. The number of rotatable bonds is 6. The van der Waals surface area contributed by atoms with Crippen LogP contribution in [0.15, 0.2) is 0 Å². The maximum absolute atomic E-state index is 9.73. The molecule has 2 unspecified atom stereocenters. The smallest absolute Gasteiger partial charge is 0.390 e. The van der Waals surface area contributed by atoms with Gasteiger partial charge in [0.2, 0.25) is 0 Å². The monoisotopic (exact) mass is 228 g/mol. The second kappa shape index (κ2) is 6.28. The first-order valence-corrected chi connectivity index (χ1v) is 6.90. The van der Waals surface area contributed by atoms with Gasteiger partial charge in [-0.15, -0.1) is 0 Å². The van der Waals surface area contributed by atoms with Gasteiger partial charge in [-0.1, -0.05) is 0 Å². The van der Waals surface area contributed by atoms with Crippen molar-refractivity contribution in [2.75, 3.05) is 19.5 Å². The highest BCUT2D eigenvalue weighted by molar-refractivity contribution is 7.84. The van der Waals surface area contributed by atoms with Crippen LogP contribution in [0.25, 0.3) is 0 Å². The fourth-order valence-corrected chi connectivity index (χ4v) is 3.45. The summed E-state index contributed by atoms with van der Waals surface area (Å²) < 4.78 is 10.1. The van der Waals surface area contributed by atoms with Gasteiger partial charge in [0.1, 0.15) is 0 Å². The molecule has 0 spiro atoms. The van der Waals surface area contributed by atoms with Gasteiger partial charge < -0.3 is 13.6 Å². The third-order valence-electron chi connectivity index (χ3n) is 1.39. The van der Waals surface area contributed by atoms with Crippen molar-refractivity contribution in [3.8, 4) is 0 Å². The zero-order valence-electron chi connectivity index (χ0n) is 7.36. The lowest BCUT2D eigenvalue weighted by molar-refractivity contribution is 0.128. The molecule has 74 valence electrons. The average molecular weight is 228 g/mol. The molecule has 0 aromatic carbocycles. The standard InChI is InChI=1S/C6H16O3S2Si/c1-3-9-12(7,8-2)5-6(11)4-10/h6-7,10-11H,3-5H2,1-2H3. The topological polar surface area (TPSA) is 38.7 Å². The zero-order valence-corrected chi connectivity index (χ0v) is 10.1. The molecule has 12 heavy (non-hydrogen) atoms. The van der Waals surface area contributed by atoms with Crippen LogP contribution in [-0.2, 0) is 8.85 Å². The molecule has 3 nitrogen and oxygen atoms in total. The van der Waals surface area contributed by atoms with Crippen LogP contribution in [0.4, 0.5) is 0 Å². The third kappa shape index (κ3) is 4.73. The minimum absolute atomic E-state index is 0.0245. The summed E-state index contributed by atoms with van der Waals surface area (Å²) in [6.07, 6.45) is 0. The van der Waals surface area contributed by atoms with E-state index < -0.39 is 8.80 Å². The Morgan fingerprint density at radius 1 is 1.58 bits per heavy atom. The molecule has 1 N–H and O–H groups in total. The molecule has 0 fully saturated rings. The molecule has 0 aliphatic heterocycles. The van der Waals surface area contributed by atoms with Crippen LogP contribution in [0.1, 0.15) is 6.92 Å². The Labute approximate surface area is 85.6 Å². The van der Waals surface area contributed by atoms with E-state index in [0.29, 0.717) is 18.4 Å². The number of hydrogen-bond acceptors (Lipinski definition) is 5. The highest BCUT2D eigenvalue weighted by Crippen LogP contribution is 2.16. The lowest BCUT2D eigenvalue weighted by Crippen LogP contribution is -2.43. The van der Waals surface area contributed by atoms with E-state index in [-0.39, 0.29) is 5.25 Å². The van der Waals surface area contributed by atoms with Gasteiger partial charge >= 0.3 is 8.80 Å². The van der Waals surface area contributed by atoms with Gasteiger partial charge in [-0.05, 0) is 6.92 Å². The van der Waals surface area contributed by atoms with E-state index in [9.17, 15) is 4.80 Å². The van der Waals surface area contributed by atoms with Gasteiger partial charge in [-0.3, -0.25) is 0 Å². The maximum Gasteiger partial charge on any atom is 0.499 e. The van der Waals surface area contributed by atoms with Crippen LogP contribution >= 0.6 is 25.3 Å². The Morgan fingerprint density at radius 2 is 2.17 bits per heavy atom. The summed E-state index contributed by atoms with van der Waals surface area (Å²) in [5.41, 5.74) is 0. The van der Waals surface area contributed by atoms with Gasteiger partial charge in [-0.25, -0.2) is 0 Å². The second-order valence-electron chi connectivity index (χ2n) is 2.39. The number of hydrogen-bond donors (Lipinski definition) is 3. The number of thiol groups is 2. The largest absolute Gasteiger partial charge is 0.499 e. The molecule has 0 aliphatic rings. The summed E-state index contributed by atoms with van der Waals surface area (Å²) >= 11 is 8.27. The lowest BCUT2D eigenvalue weighted by atomic mass is 10.5. The SMILES string of the molecule is CCO[Si](O)(CC(S)CS)OC. The Balaban J connectivity index is 3.94. The van der Waals surface area contributed by atoms with Crippen molar-refractivity contribution in [1.82, 2.24) is 0 Å². The average Bonchev–Trinajstić information content (AvgIpc) is 2.05. The first kappa shape index (κ1) is 12.8. The van der Waals surface area contributed by atoms with E-state index in [0.717, 1.165) is 0 Å². The van der Waals surface area contributed by atoms with Crippen molar-refractivity contribution in [2.24, 2.45) is 0 Å². The molecule has 0 saturated carbocycles. The molecule has 6 heteroatoms. The Bertz CT molecular complexity index is 127. The molecule has 0 bridgehead atoms. The second-order valence-corrected chi connectivity index (χ2v) is 6.02. The van der Waals surface area contributed by atoms with Crippen LogP contribution in [0.5, 0.6) is 0 Å². The van der Waals surface area contributed by atoms with Crippen molar-refractivity contribution in [3.63, 3.8) is 0 Å². The molecule has 0 rings (SSSR count). The minimum Gasteiger partial charge on any atom is -0.390 e. The van der Waals surface area contributed by atoms with Crippen LogP contribution in [0.3, 0.4) is 0 Å².